The van der Waals surface area contributed by atoms with Gasteiger partial charge >= 0.3 is 0 Å². The first kappa shape index (κ1) is 30.4. The SMILES string of the molecule is Cc1ccc(S(=O)(=O)O)cc1.Cc1ccc(S(=O)(=O)O)cc1.c1cncc(-c2ccc(N3CC4CNC4C3)cc2)c1. The van der Waals surface area contributed by atoms with E-state index in [4.69, 9.17) is 9.11 Å². The molecule has 4 aromatic rings. The maximum Gasteiger partial charge on any atom is 0.294 e. The number of nitrogens with zero attached hydrogens (tertiary/aromatic N) is 2. The van der Waals surface area contributed by atoms with Gasteiger partial charge in [0.25, 0.3) is 20.2 Å². The number of benzene rings is 3. The van der Waals surface area contributed by atoms with E-state index < -0.39 is 20.2 Å². The van der Waals surface area contributed by atoms with E-state index in [1.807, 2.05) is 32.3 Å². The number of pyridine rings is 1. The maximum absolute atomic E-state index is 10.5. The van der Waals surface area contributed by atoms with Crippen molar-refractivity contribution in [2.24, 2.45) is 5.92 Å². The molecular weight excluding hydrogens is 562 g/mol. The molecule has 0 bridgehead atoms. The third kappa shape index (κ3) is 8.44. The number of rotatable bonds is 4. The van der Waals surface area contributed by atoms with Crippen LogP contribution in [0.15, 0.2) is 107 Å². The normalized spacial score (nSPS) is 17.7. The van der Waals surface area contributed by atoms with Gasteiger partial charge in [-0.3, -0.25) is 14.1 Å². The molecule has 11 heteroatoms. The Morgan fingerprint density at radius 3 is 1.63 bits per heavy atom. The number of hydrogen-bond acceptors (Lipinski definition) is 7. The zero-order chi connectivity index (χ0) is 29.6. The summed E-state index contributed by atoms with van der Waals surface area (Å²) in [5, 5.41) is 3.49. The highest BCUT2D eigenvalue weighted by molar-refractivity contribution is 7.86. The van der Waals surface area contributed by atoms with E-state index in [9.17, 15) is 16.8 Å². The first-order chi connectivity index (χ1) is 19.4. The fourth-order valence-electron chi connectivity index (χ4n) is 4.48. The summed E-state index contributed by atoms with van der Waals surface area (Å²) < 4.78 is 59.1. The Hall–Kier alpha value is -3.61. The van der Waals surface area contributed by atoms with Crippen LogP contribution in [0, 0.1) is 19.8 Å². The highest BCUT2D eigenvalue weighted by Gasteiger charge is 2.38. The van der Waals surface area contributed by atoms with Gasteiger partial charge in [0.15, 0.2) is 0 Å². The lowest BCUT2D eigenvalue weighted by molar-refractivity contribution is 0.297. The molecule has 0 saturated carbocycles. The fraction of sp³-hybridized carbons (Fsp3) is 0.233. The van der Waals surface area contributed by atoms with Crippen molar-refractivity contribution in [2.75, 3.05) is 24.5 Å². The molecule has 3 N–H and O–H groups in total. The van der Waals surface area contributed by atoms with Crippen LogP contribution in [-0.4, -0.2) is 56.6 Å². The van der Waals surface area contributed by atoms with Gasteiger partial charge in [0.2, 0.25) is 0 Å². The van der Waals surface area contributed by atoms with Crippen LogP contribution in [0.4, 0.5) is 5.69 Å². The van der Waals surface area contributed by atoms with Crippen molar-refractivity contribution in [3.8, 4) is 11.1 Å². The monoisotopic (exact) mass is 595 g/mol. The minimum absolute atomic E-state index is 0.0666. The molecule has 0 spiro atoms. The molecular formula is C30H33N3O6S2. The fourth-order valence-corrected chi connectivity index (χ4v) is 5.44. The second kappa shape index (κ2) is 12.9. The molecule has 3 heterocycles. The van der Waals surface area contributed by atoms with E-state index in [1.54, 1.807) is 24.3 Å². The van der Waals surface area contributed by atoms with Crippen molar-refractivity contribution >= 4 is 25.9 Å². The molecule has 0 radical (unpaired) electrons. The molecule has 6 rings (SSSR count). The van der Waals surface area contributed by atoms with Gasteiger partial charge in [-0.2, -0.15) is 16.8 Å². The van der Waals surface area contributed by atoms with Crippen LogP contribution >= 0.6 is 0 Å². The summed E-state index contributed by atoms with van der Waals surface area (Å²) in [4.78, 5) is 6.53. The molecule has 3 aromatic carbocycles. The lowest BCUT2D eigenvalue weighted by Crippen LogP contribution is -2.51. The lowest BCUT2D eigenvalue weighted by Gasteiger charge is -2.29. The second-order valence-electron chi connectivity index (χ2n) is 10.0. The number of nitrogens with one attached hydrogen (secondary N) is 1. The Bertz CT molecular complexity index is 1560. The molecule has 1 aromatic heterocycles. The number of aromatic nitrogens is 1. The third-order valence-corrected chi connectivity index (χ3v) is 8.68. The first-order valence-corrected chi connectivity index (χ1v) is 15.9. The highest BCUT2D eigenvalue weighted by atomic mass is 32.2. The smallest absolute Gasteiger partial charge is 0.294 e. The molecule has 2 fully saturated rings. The molecule has 2 atom stereocenters. The van der Waals surface area contributed by atoms with Crippen molar-refractivity contribution in [1.29, 1.82) is 0 Å². The Kier molecular flexibility index (Phi) is 9.57. The topological polar surface area (TPSA) is 137 Å². The first-order valence-electron chi connectivity index (χ1n) is 13.0. The van der Waals surface area contributed by atoms with Crippen molar-refractivity contribution in [2.45, 2.75) is 29.7 Å². The van der Waals surface area contributed by atoms with Gasteiger partial charge < -0.3 is 10.2 Å². The summed E-state index contributed by atoms with van der Waals surface area (Å²) in [5.41, 5.74) is 5.66. The van der Waals surface area contributed by atoms with Crippen molar-refractivity contribution in [1.82, 2.24) is 10.3 Å². The molecule has 0 aliphatic carbocycles. The van der Waals surface area contributed by atoms with E-state index >= 15 is 0 Å². The minimum Gasteiger partial charge on any atom is -0.370 e. The van der Waals surface area contributed by atoms with Crippen molar-refractivity contribution in [3.05, 3.63) is 108 Å². The Morgan fingerprint density at radius 1 is 0.732 bits per heavy atom. The highest BCUT2D eigenvalue weighted by Crippen LogP contribution is 2.29. The van der Waals surface area contributed by atoms with E-state index in [-0.39, 0.29) is 9.79 Å². The van der Waals surface area contributed by atoms with Crippen LogP contribution in [0.2, 0.25) is 0 Å². The van der Waals surface area contributed by atoms with Crippen LogP contribution in [0.3, 0.4) is 0 Å². The zero-order valence-corrected chi connectivity index (χ0v) is 24.4. The molecule has 9 nitrogen and oxygen atoms in total. The van der Waals surface area contributed by atoms with Gasteiger partial charge in [-0.15, -0.1) is 0 Å². The lowest BCUT2D eigenvalue weighted by atomic mass is 9.96. The number of hydrogen-bond donors (Lipinski definition) is 3. The standard InChI is InChI=1S/C16H17N3.2C7H8O3S/c1-2-13(8-17-7-1)12-3-5-15(6-4-12)19-10-14-9-18-16(14)11-19;2*1-6-2-4-7(5-3-6)11(8,9)10/h1-8,14,16,18H,9-11H2;2*2-5H,1H3,(H,8,9,10). The van der Waals surface area contributed by atoms with E-state index in [0.29, 0.717) is 0 Å². The summed E-state index contributed by atoms with van der Waals surface area (Å²) in [6.45, 7) is 7.22. The Labute approximate surface area is 241 Å². The van der Waals surface area contributed by atoms with Gasteiger partial charge in [0.1, 0.15) is 0 Å². The molecule has 2 aliphatic rings. The summed E-state index contributed by atoms with van der Waals surface area (Å²) in [5.74, 6) is 0.859. The van der Waals surface area contributed by atoms with Gasteiger partial charge in [-0.05, 0) is 67.4 Å². The van der Waals surface area contributed by atoms with E-state index in [0.717, 1.165) is 29.6 Å². The van der Waals surface area contributed by atoms with Gasteiger partial charge in [0.05, 0.1) is 9.79 Å². The van der Waals surface area contributed by atoms with Crippen molar-refractivity contribution in [3.63, 3.8) is 0 Å². The van der Waals surface area contributed by atoms with Crippen LogP contribution in [0.1, 0.15) is 11.1 Å². The van der Waals surface area contributed by atoms with Crippen molar-refractivity contribution < 1.29 is 25.9 Å². The summed E-state index contributed by atoms with van der Waals surface area (Å²) in [6, 6.07) is 25.6. The third-order valence-electron chi connectivity index (χ3n) is 6.95. The molecule has 2 unspecified atom stereocenters. The van der Waals surface area contributed by atoms with Crippen LogP contribution in [0.25, 0.3) is 11.1 Å². The number of aryl methyl sites for hydroxylation is 2. The van der Waals surface area contributed by atoms with Crippen LogP contribution in [-0.2, 0) is 20.2 Å². The second-order valence-corrected chi connectivity index (χ2v) is 12.9. The predicted molar refractivity (Wildman–Crippen MR) is 159 cm³/mol. The van der Waals surface area contributed by atoms with Gasteiger partial charge in [-0.1, -0.05) is 53.6 Å². The quantitative estimate of drug-likeness (QED) is 0.288. The minimum atomic E-state index is -4.02. The molecule has 0 amide bonds. The Morgan fingerprint density at radius 2 is 1.27 bits per heavy atom. The molecule has 2 saturated heterocycles. The zero-order valence-electron chi connectivity index (χ0n) is 22.8. The summed E-state index contributed by atoms with van der Waals surface area (Å²) in [7, 11) is -8.04. The van der Waals surface area contributed by atoms with E-state index in [1.165, 1.54) is 54.2 Å². The van der Waals surface area contributed by atoms with Crippen LogP contribution < -0.4 is 10.2 Å². The van der Waals surface area contributed by atoms with Gasteiger partial charge in [-0.25, -0.2) is 0 Å². The predicted octanol–water partition coefficient (Wildman–Crippen LogP) is 4.64. The number of anilines is 1. The average Bonchev–Trinajstić information content (AvgIpc) is 3.23. The largest absolute Gasteiger partial charge is 0.370 e. The summed E-state index contributed by atoms with van der Waals surface area (Å²) in [6.07, 6.45) is 3.72. The molecule has 216 valence electrons. The molecule has 2 aliphatic heterocycles. The van der Waals surface area contributed by atoms with Crippen LogP contribution in [0.5, 0.6) is 0 Å². The Balaban J connectivity index is 0.000000153. The summed E-state index contributed by atoms with van der Waals surface area (Å²) >= 11 is 0. The number of fused-ring (bicyclic) bond motifs is 1. The van der Waals surface area contributed by atoms with E-state index in [2.05, 4.69) is 45.5 Å². The average molecular weight is 596 g/mol. The molecule has 41 heavy (non-hydrogen) atoms. The maximum atomic E-state index is 10.5. The van der Waals surface area contributed by atoms with Gasteiger partial charge in [0, 0.05) is 49.7 Å².